The van der Waals surface area contributed by atoms with Gasteiger partial charge in [0.05, 0.1) is 13.2 Å². The molecule has 2 atom stereocenters. The third-order valence-corrected chi connectivity index (χ3v) is 8.14. The Kier molecular flexibility index (Phi) is 5.85. The highest BCUT2D eigenvalue weighted by Gasteiger charge is 2.41. The molecule has 0 aliphatic carbocycles. The topological polar surface area (TPSA) is 37.5 Å². The molecule has 0 saturated heterocycles. The molecule has 196 valence electrons. The van der Waals surface area contributed by atoms with Gasteiger partial charge >= 0.3 is 0 Å². The van der Waals surface area contributed by atoms with Crippen molar-refractivity contribution < 1.29 is 18.3 Å². The van der Waals surface area contributed by atoms with Crippen LogP contribution < -0.4 is 9.47 Å². The second-order valence-electron chi connectivity index (χ2n) is 10.3. The third kappa shape index (κ3) is 4.16. The summed E-state index contributed by atoms with van der Waals surface area (Å²) < 4.78 is 39.6. The number of hydrogen-bond acceptors (Lipinski definition) is 3. The van der Waals surface area contributed by atoms with E-state index in [1.807, 2.05) is 24.3 Å². The smallest absolute Gasteiger partial charge is 0.162 e. The molecule has 0 radical (unpaired) electrons. The Morgan fingerprint density at radius 2 is 1.74 bits per heavy atom. The molecule has 0 fully saturated rings. The van der Waals surface area contributed by atoms with Gasteiger partial charge < -0.3 is 14.5 Å². The van der Waals surface area contributed by atoms with Crippen molar-refractivity contribution in [2.24, 2.45) is 0 Å². The van der Waals surface area contributed by atoms with Gasteiger partial charge in [-0.2, -0.15) is 0 Å². The first-order chi connectivity index (χ1) is 19.1. The number of halogens is 2. The number of ether oxygens (including phenoxy) is 2. The zero-order valence-corrected chi connectivity index (χ0v) is 21.6. The summed E-state index contributed by atoms with van der Waals surface area (Å²) in [6.07, 6.45) is 1.71. The molecule has 1 aromatic heterocycles. The van der Waals surface area contributed by atoms with E-state index in [0.29, 0.717) is 11.5 Å². The first kappa shape index (κ1) is 23.9. The Labute approximate surface area is 225 Å². The van der Waals surface area contributed by atoms with Crippen molar-refractivity contribution >= 4 is 10.9 Å². The fourth-order valence-electron chi connectivity index (χ4n) is 6.36. The van der Waals surface area contributed by atoms with E-state index < -0.39 is 0 Å². The number of H-pyrrole nitrogens is 1. The molecule has 0 bridgehead atoms. The maximum absolute atomic E-state index is 13.9. The minimum Gasteiger partial charge on any atom is -0.493 e. The van der Waals surface area contributed by atoms with Crippen LogP contribution in [0.2, 0.25) is 0 Å². The van der Waals surface area contributed by atoms with Crippen molar-refractivity contribution in [1.82, 2.24) is 9.88 Å². The fraction of sp³-hybridized carbons (Fsp3) is 0.212. The molecule has 2 aliphatic rings. The summed E-state index contributed by atoms with van der Waals surface area (Å²) in [7, 11) is 1.65. The Bertz CT molecular complexity index is 1680. The zero-order valence-electron chi connectivity index (χ0n) is 21.6. The lowest BCUT2D eigenvalue weighted by atomic mass is 9.80. The standard InChI is InChI=1S/C33H28F2N2O2/c1-38-30-16-22-13-14-37-29(26(22)18-31(30)39-19-20-5-4-6-24(35)15-20)17-27-25-7-2-3-8-28(25)36-32(27)33(37)21-9-11-23(34)12-10-21/h2-12,15-16,18,29,33,36H,13-14,17,19H2,1H3. The highest BCUT2D eigenvalue weighted by Crippen LogP contribution is 2.49. The van der Waals surface area contributed by atoms with Gasteiger partial charge in [0.25, 0.3) is 0 Å². The lowest BCUT2D eigenvalue weighted by molar-refractivity contribution is 0.127. The minimum atomic E-state index is -0.285. The number of benzene rings is 4. The molecular weight excluding hydrogens is 494 g/mol. The number of methoxy groups -OCH3 is 1. The van der Waals surface area contributed by atoms with Crippen molar-refractivity contribution in [3.05, 3.63) is 130 Å². The molecule has 6 heteroatoms. The highest BCUT2D eigenvalue weighted by atomic mass is 19.1. The second kappa shape index (κ2) is 9.54. The van der Waals surface area contributed by atoms with Crippen LogP contribution in [0.15, 0.2) is 84.9 Å². The van der Waals surface area contributed by atoms with E-state index >= 15 is 0 Å². The molecule has 0 amide bonds. The van der Waals surface area contributed by atoms with Crippen molar-refractivity contribution in [3.63, 3.8) is 0 Å². The first-order valence-corrected chi connectivity index (χ1v) is 13.3. The molecule has 7 rings (SSSR count). The lowest BCUT2D eigenvalue weighted by Crippen LogP contribution is -2.43. The second-order valence-corrected chi connectivity index (χ2v) is 10.3. The molecule has 2 aliphatic heterocycles. The van der Waals surface area contributed by atoms with Crippen molar-refractivity contribution in [1.29, 1.82) is 0 Å². The van der Waals surface area contributed by atoms with Gasteiger partial charge in [0.2, 0.25) is 0 Å². The number of nitrogens with zero attached hydrogens (tertiary/aromatic N) is 1. The van der Waals surface area contributed by atoms with Gasteiger partial charge in [-0.1, -0.05) is 42.5 Å². The van der Waals surface area contributed by atoms with E-state index in [1.165, 1.54) is 39.9 Å². The summed E-state index contributed by atoms with van der Waals surface area (Å²) in [5.41, 5.74) is 7.86. The van der Waals surface area contributed by atoms with Crippen LogP contribution in [0.1, 0.15) is 45.6 Å². The lowest BCUT2D eigenvalue weighted by Gasteiger charge is -2.46. The van der Waals surface area contributed by atoms with Gasteiger partial charge in [0.15, 0.2) is 11.5 Å². The fourth-order valence-corrected chi connectivity index (χ4v) is 6.36. The maximum atomic E-state index is 13.9. The monoisotopic (exact) mass is 522 g/mol. The van der Waals surface area contributed by atoms with E-state index in [9.17, 15) is 8.78 Å². The summed E-state index contributed by atoms with van der Waals surface area (Å²) in [5.74, 6) is 0.801. The van der Waals surface area contributed by atoms with Gasteiger partial charge in [-0.15, -0.1) is 0 Å². The molecule has 39 heavy (non-hydrogen) atoms. The van der Waals surface area contributed by atoms with Crippen LogP contribution in [0.25, 0.3) is 10.9 Å². The van der Waals surface area contributed by atoms with Gasteiger partial charge in [0.1, 0.15) is 18.2 Å². The van der Waals surface area contributed by atoms with Crippen LogP contribution >= 0.6 is 0 Å². The first-order valence-electron chi connectivity index (χ1n) is 13.3. The van der Waals surface area contributed by atoms with Crippen LogP contribution in [0, 0.1) is 11.6 Å². The van der Waals surface area contributed by atoms with Gasteiger partial charge in [-0.3, -0.25) is 4.90 Å². The maximum Gasteiger partial charge on any atom is 0.162 e. The summed E-state index contributed by atoms with van der Waals surface area (Å²) in [4.78, 5) is 6.22. The van der Waals surface area contributed by atoms with Gasteiger partial charge in [-0.05, 0) is 83.1 Å². The number of fused-ring (bicyclic) bond motifs is 6. The van der Waals surface area contributed by atoms with Crippen molar-refractivity contribution in [2.75, 3.05) is 13.7 Å². The predicted octanol–water partition coefficient (Wildman–Crippen LogP) is 7.28. The molecule has 4 aromatic carbocycles. The predicted molar refractivity (Wildman–Crippen MR) is 147 cm³/mol. The average molecular weight is 523 g/mol. The van der Waals surface area contributed by atoms with Crippen LogP contribution in [0.3, 0.4) is 0 Å². The Balaban J connectivity index is 1.32. The van der Waals surface area contributed by atoms with Crippen LogP contribution in [0.4, 0.5) is 8.78 Å². The summed E-state index contributed by atoms with van der Waals surface area (Å²) in [6.45, 7) is 1.10. The van der Waals surface area contributed by atoms with Crippen molar-refractivity contribution in [3.8, 4) is 11.5 Å². The van der Waals surface area contributed by atoms with Crippen molar-refractivity contribution in [2.45, 2.75) is 31.5 Å². The number of nitrogens with one attached hydrogen (secondary N) is 1. The van der Waals surface area contributed by atoms with Gasteiger partial charge in [-0.25, -0.2) is 8.78 Å². The van der Waals surface area contributed by atoms with E-state index in [4.69, 9.17) is 9.47 Å². The highest BCUT2D eigenvalue weighted by molar-refractivity contribution is 5.85. The molecule has 5 aromatic rings. The number of hydrogen-bond donors (Lipinski definition) is 1. The van der Waals surface area contributed by atoms with Crippen LogP contribution in [-0.4, -0.2) is 23.5 Å². The number of aromatic nitrogens is 1. The van der Waals surface area contributed by atoms with E-state index in [2.05, 4.69) is 40.2 Å². The Hall–Kier alpha value is -4.16. The largest absolute Gasteiger partial charge is 0.493 e. The average Bonchev–Trinajstić information content (AvgIpc) is 3.33. The normalized spacial score (nSPS) is 18.3. The quantitative estimate of drug-likeness (QED) is 0.264. The Morgan fingerprint density at radius 1 is 0.897 bits per heavy atom. The minimum absolute atomic E-state index is 0.0290. The SMILES string of the molecule is COc1cc2c(cc1OCc1cccc(F)c1)C1Cc3c([nH]c4ccccc34)C(c3ccc(F)cc3)N1CC2. The van der Waals surface area contributed by atoms with Gasteiger partial charge in [0, 0.05) is 29.2 Å². The Morgan fingerprint density at radius 3 is 2.56 bits per heavy atom. The number of rotatable bonds is 5. The number of para-hydroxylation sites is 1. The van der Waals surface area contributed by atoms with E-state index in [0.717, 1.165) is 36.0 Å². The van der Waals surface area contributed by atoms with E-state index in [-0.39, 0.29) is 30.3 Å². The molecule has 2 unspecified atom stereocenters. The molecule has 1 N–H and O–H groups in total. The van der Waals surface area contributed by atoms with Crippen LogP contribution in [-0.2, 0) is 19.4 Å². The molecule has 0 saturated carbocycles. The molecular formula is C33H28F2N2O2. The summed E-state index contributed by atoms with van der Waals surface area (Å²) in [5, 5.41) is 1.22. The van der Waals surface area contributed by atoms with Crippen LogP contribution in [0.5, 0.6) is 11.5 Å². The summed E-state index contributed by atoms with van der Waals surface area (Å²) in [6, 6.07) is 26.0. The molecule has 3 heterocycles. The number of aromatic amines is 1. The third-order valence-electron chi connectivity index (χ3n) is 8.14. The molecule has 4 nitrogen and oxygen atoms in total. The van der Waals surface area contributed by atoms with E-state index in [1.54, 1.807) is 25.3 Å². The molecule has 0 spiro atoms. The summed E-state index contributed by atoms with van der Waals surface area (Å²) >= 11 is 0. The zero-order chi connectivity index (χ0) is 26.5.